The zero-order chi connectivity index (χ0) is 34.4. The lowest BCUT2D eigenvalue weighted by Crippen LogP contribution is -2.54. The quantitative estimate of drug-likeness (QED) is 0.163. The summed E-state index contributed by atoms with van der Waals surface area (Å²) in [5.41, 5.74) is 4.40. The number of anilines is 1. The Kier molecular flexibility index (Phi) is 11.5. The Hall–Kier alpha value is -3.85. The van der Waals surface area contributed by atoms with Crippen LogP contribution in [-0.2, 0) is 32.6 Å². The molecule has 0 radical (unpaired) electrons. The van der Waals surface area contributed by atoms with Crippen molar-refractivity contribution in [2.24, 2.45) is 0 Å². The van der Waals surface area contributed by atoms with Crippen LogP contribution in [0.25, 0.3) is 0 Å². The van der Waals surface area contributed by atoms with E-state index >= 15 is 0 Å². The van der Waals surface area contributed by atoms with Crippen LogP contribution < -0.4 is 9.62 Å². The van der Waals surface area contributed by atoms with Gasteiger partial charge in [-0.25, -0.2) is 8.42 Å². The highest BCUT2D eigenvalue weighted by atomic mass is 35.5. The first-order valence-corrected chi connectivity index (χ1v) is 18.4. The number of nitrogens with zero attached hydrogens (tertiary/aromatic N) is 2. The Morgan fingerprint density at radius 1 is 0.854 bits per heavy atom. The number of sulfonamides is 1. The average Bonchev–Trinajstić information content (AvgIpc) is 3.56. The maximum Gasteiger partial charge on any atom is 0.264 e. The summed E-state index contributed by atoms with van der Waals surface area (Å²) in [6, 6.07) is 25.5. The van der Waals surface area contributed by atoms with Crippen LogP contribution in [0.1, 0.15) is 53.5 Å². The molecule has 4 aromatic carbocycles. The molecule has 0 spiro atoms. The van der Waals surface area contributed by atoms with Crippen LogP contribution in [0.5, 0.6) is 0 Å². The van der Waals surface area contributed by atoms with E-state index in [2.05, 4.69) is 5.32 Å². The molecule has 5 rings (SSSR count). The highest BCUT2D eigenvalue weighted by Crippen LogP contribution is 2.30. The van der Waals surface area contributed by atoms with E-state index in [-0.39, 0.29) is 29.8 Å². The summed E-state index contributed by atoms with van der Waals surface area (Å²) in [6.07, 6.45) is 4.02. The lowest BCUT2D eigenvalue weighted by molar-refractivity contribution is -0.140. The summed E-state index contributed by atoms with van der Waals surface area (Å²) in [5.74, 6) is -0.831. The van der Waals surface area contributed by atoms with Crippen LogP contribution in [0, 0.1) is 20.8 Å². The number of carbonyl (C=O) groups is 2. The zero-order valence-corrected chi connectivity index (χ0v) is 29.8. The van der Waals surface area contributed by atoms with Crippen LogP contribution in [0.2, 0.25) is 10.0 Å². The van der Waals surface area contributed by atoms with Crippen molar-refractivity contribution in [2.75, 3.05) is 10.8 Å². The van der Waals surface area contributed by atoms with Gasteiger partial charge in [0.15, 0.2) is 0 Å². The standard InChI is InChI=1S/C38H41Cl2N3O4S/c1-26-13-18-33(19-14-26)48(46,47)43(35-20-15-27(2)21-28(35)3)25-37(44)42(24-30-16-17-31(39)23-34(30)40)36(22-29-9-5-4-6-10-29)38(45)41-32-11-7-8-12-32/h4-6,9-10,13-21,23,32,36H,7-8,11-12,22,24-25H2,1-3H3,(H,41,45)/t36-/m0/s1. The predicted molar refractivity (Wildman–Crippen MR) is 193 cm³/mol. The first-order valence-electron chi connectivity index (χ1n) is 16.2. The van der Waals surface area contributed by atoms with Crippen LogP contribution >= 0.6 is 23.2 Å². The van der Waals surface area contributed by atoms with E-state index in [0.717, 1.165) is 46.7 Å². The van der Waals surface area contributed by atoms with E-state index in [0.29, 0.717) is 26.9 Å². The smallest absolute Gasteiger partial charge is 0.264 e. The average molecular weight is 707 g/mol. The van der Waals surface area contributed by atoms with Gasteiger partial charge in [-0.2, -0.15) is 0 Å². The number of rotatable bonds is 12. The van der Waals surface area contributed by atoms with Gasteiger partial charge in [-0.15, -0.1) is 0 Å². The van der Waals surface area contributed by atoms with Crippen molar-refractivity contribution in [1.29, 1.82) is 0 Å². The third-order valence-corrected chi connectivity index (χ3v) is 11.2. The number of hydrogen-bond donors (Lipinski definition) is 1. The van der Waals surface area contributed by atoms with Gasteiger partial charge in [0.25, 0.3) is 10.0 Å². The molecule has 1 saturated carbocycles. The summed E-state index contributed by atoms with van der Waals surface area (Å²) in [4.78, 5) is 30.5. The van der Waals surface area contributed by atoms with Crippen LogP contribution in [0.3, 0.4) is 0 Å². The second kappa shape index (κ2) is 15.6. The normalized spacial score (nSPS) is 14.0. The Bertz CT molecular complexity index is 1860. The second-order valence-corrected chi connectivity index (χ2v) is 15.3. The van der Waals surface area contributed by atoms with Gasteiger partial charge in [0.1, 0.15) is 12.6 Å². The molecule has 0 heterocycles. The third kappa shape index (κ3) is 8.59. The van der Waals surface area contributed by atoms with E-state index in [1.807, 2.05) is 63.2 Å². The summed E-state index contributed by atoms with van der Waals surface area (Å²) >= 11 is 12.8. The highest BCUT2D eigenvalue weighted by molar-refractivity contribution is 7.92. The highest BCUT2D eigenvalue weighted by Gasteiger charge is 2.36. The molecular formula is C38H41Cl2N3O4S. The summed E-state index contributed by atoms with van der Waals surface area (Å²) in [5, 5.41) is 3.96. The number of amides is 2. The monoisotopic (exact) mass is 705 g/mol. The van der Waals surface area contributed by atoms with Gasteiger partial charge < -0.3 is 10.2 Å². The van der Waals surface area contributed by atoms with E-state index in [1.165, 1.54) is 4.90 Å². The van der Waals surface area contributed by atoms with Crippen molar-refractivity contribution < 1.29 is 18.0 Å². The lowest BCUT2D eigenvalue weighted by atomic mass is 10.0. The first-order chi connectivity index (χ1) is 22.9. The molecule has 1 atom stereocenters. The Labute approximate surface area is 293 Å². The van der Waals surface area contributed by atoms with Crippen molar-refractivity contribution in [3.05, 3.63) is 129 Å². The van der Waals surface area contributed by atoms with Gasteiger partial charge in [-0.3, -0.25) is 13.9 Å². The van der Waals surface area contributed by atoms with E-state index < -0.39 is 28.5 Å². The zero-order valence-electron chi connectivity index (χ0n) is 27.5. The molecule has 48 heavy (non-hydrogen) atoms. The largest absolute Gasteiger partial charge is 0.352 e. The van der Waals surface area contributed by atoms with Gasteiger partial charge >= 0.3 is 0 Å². The molecule has 252 valence electrons. The number of carbonyl (C=O) groups excluding carboxylic acids is 2. The SMILES string of the molecule is Cc1ccc(S(=O)(=O)N(CC(=O)N(Cc2ccc(Cl)cc2Cl)[C@@H](Cc2ccccc2)C(=O)NC2CCCC2)c2ccc(C)cc2C)cc1. The second-order valence-electron chi connectivity index (χ2n) is 12.6. The van der Waals surface area contributed by atoms with E-state index in [9.17, 15) is 18.0 Å². The molecule has 1 aliphatic carbocycles. The number of benzene rings is 4. The maximum absolute atomic E-state index is 14.8. The number of halogens is 2. The topological polar surface area (TPSA) is 86.8 Å². The van der Waals surface area contributed by atoms with Crippen molar-refractivity contribution >= 4 is 50.7 Å². The third-order valence-electron chi connectivity index (χ3n) is 8.84. The van der Waals surface area contributed by atoms with Crippen molar-refractivity contribution in [3.63, 3.8) is 0 Å². The molecule has 0 aromatic heterocycles. The molecule has 0 unspecified atom stereocenters. The molecule has 2 amide bonds. The van der Waals surface area contributed by atoms with Crippen LogP contribution in [0.4, 0.5) is 5.69 Å². The Morgan fingerprint density at radius 2 is 1.52 bits per heavy atom. The van der Waals surface area contributed by atoms with Gasteiger partial charge in [0, 0.05) is 29.1 Å². The van der Waals surface area contributed by atoms with E-state index in [4.69, 9.17) is 23.2 Å². The Morgan fingerprint density at radius 3 is 2.17 bits per heavy atom. The summed E-state index contributed by atoms with van der Waals surface area (Å²) in [6.45, 7) is 5.06. The fraction of sp³-hybridized carbons (Fsp3) is 0.316. The van der Waals surface area contributed by atoms with Crippen molar-refractivity contribution in [3.8, 4) is 0 Å². The fourth-order valence-electron chi connectivity index (χ4n) is 6.19. The molecule has 7 nitrogen and oxygen atoms in total. The van der Waals surface area contributed by atoms with Crippen LogP contribution in [0.15, 0.2) is 95.9 Å². The molecule has 1 fully saturated rings. The summed E-state index contributed by atoms with van der Waals surface area (Å²) in [7, 11) is -4.20. The number of nitrogens with one attached hydrogen (secondary N) is 1. The van der Waals surface area contributed by atoms with Crippen LogP contribution in [-0.4, -0.2) is 43.8 Å². The minimum atomic E-state index is -4.20. The van der Waals surface area contributed by atoms with Gasteiger partial charge in [-0.05, 0) is 80.6 Å². The molecule has 0 saturated heterocycles. The minimum absolute atomic E-state index is 0.0143. The van der Waals surface area contributed by atoms with Gasteiger partial charge in [0.05, 0.1) is 10.6 Å². The van der Waals surface area contributed by atoms with E-state index in [1.54, 1.807) is 48.5 Å². The molecule has 10 heteroatoms. The molecule has 1 aliphatic rings. The van der Waals surface area contributed by atoms with Gasteiger partial charge in [-0.1, -0.05) is 108 Å². The fourth-order valence-corrected chi connectivity index (χ4v) is 8.14. The number of hydrogen-bond acceptors (Lipinski definition) is 4. The summed E-state index contributed by atoms with van der Waals surface area (Å²) < 4.78 is 29.9. The first kappa shape index (κ1) is 35.5. The van der Waals surface area contributed by atoms with Crippen molar-refractivity contribution in [2.45, 2.75) is 76.4 Å². The molecular weight excluding hydrogens is 665 g/mol. The van der Waals surface area contributed by atoms with Crippen molar-refractivity contribution in [1.82, 2.24) is 10.2 Å². The minimum Gasteiger partial charge on any atom is -0.352 e. The molecule has 0 aliphatic heterocycles. The predicted octanol–water partition coefficient (Wildman–Crippen LogP) is 7.81. The molecule has 0 bridgehead atoms. The van der Waals surface area contributed by atoms with Gasteiger partial charge in [0.2, 0.25) is 11.8 Å². The maximum atomic E-state index is 14.8. The molecule has 1 N–H and O–H groups in total. The molecule has 4 aromatic rings. The Balaban J connectivity index is 1.60. The number of aryl methyl sites for hydroxylation is 3. The lowest BCUT2D eigenvalue weighted by Gasteiger charge is -2.35.